The largest absolute Gasteiger partial charge is 0.344 e. The van der Waals surface area contributed by atoms with E-state index < -0.39 is 0 Å². The first-order chi connectivity index (χ1) is 7.66. The smallest absolute Gasteiger partial charge is 0.227 e. The third kappa shape index (κ3) is 2.53. The lowest BCUT2D eigenvalue weighted by Crippen LogP contribution is -2.17. The number of hydrogen-bond donors (Lipinski definition) is 0. The van der Waals surface area contributed by atoms with Crippen molar-refractivity contribution in [3.8, 4) is 0 Å². The van der Waals surface area contributed by atoms with Gasteiger partial charge in [0.25, 0.3) is 0 Å². The first-order valence-electron chi connectivity index (χ1n) is 4.47. The first kappa shape index (κ1) is 11.4. The van der Waals surface area contributed by atoms with Crippen LogP contribution in [0.5, 0.6) is 0 Å². The summed E-state index contributed by atoms with van der Waals surface area (Å²) < 4.78 is 18.0. The molecule has 0 N–H and O–H groups in total. The standard InChI is InChI=1S/C9H8BrFN4S/c1-15(9-12-13-14-16-9)5-6-4-7(10)2-3-8(6)11/h2-4H,5H2,1H3. The van der Waals surface area contributed by atoms with Gasteiger partial charge in [-0.15, -0.1) is 0 Å². The Kier molecular flexibility index (Phi) is 3.45. The molecular formula is C9H8BrFN4S. The number of nitrogens with zero attached hydrogens (tertiary/aromatic N) is 4. The first-order valence-corrected chi connectivity index (χ1v) is 6.03. The number of halogens is 2. The van der Waals surface area contributed by atoms with Gasteiger partial charge in [0.05, 0.1) is 0 Å². The molecule has 2 aromatic rings. The second-order valence-electron chi connectivity index (χ2n) is 3.24. The summed E-state index contributed by atoms with van der Waals surface area (Å²) in [5.74, 6) is -0.229. The van der Waals surface area contributed by atoms with Crippen LogP contribution in [0, 0.1) is 5.82 Å². The van der Waals surface area contributed by atoms with Crippen LogP contribution < -0.4 is 4.90 Å². The quantitative estimate of drug-likeness (QED) is 0.873. The summed E-state index contributed by atoms with van der Waals surface area (Å²) in [6, 6.07) is 4.86. The molecule has 0 unspecified atom stereocenters. The second-order valence-corrected chi connectivity index (χ2v) is 4.86. The van der Waals surface area contributed by atoms with Gasteiger partial charge >= 0.3 is 0 Å². The molecule has 0 saturated heterocycles. The molecule has 1 aromatic heterocycles. The van der Waals surface area contributed by atoms with Crippen molar-refractivity contribution in [1.82, 2.24) is 14.8 Å². The zero-order valence-electron chi connectivity index (χ0n) is 8.39. The predicted molar refractivity (Wildman–Crippen MR) is 63.9 cm³/mol. The molecule has 84 valence electrons. The van der Waals surface area contributed by atoms with E-state index in [1.54, 1.807) is 17.0 Å². The zero-order chi connectivity index (χ0) is 11.5. The lowest BCUT2D eigenvalue weighted by molar-refractivity contribution is 0.607. The Hall–Kier alpha value is -1.08. The Morgan fingerprint density at radius 2 is 2.31 bits per heavy atom. The van der Waals surface area contributed by atoms with Gasteiger partial charge in [0.2, 0.25) is 5.13 Å². The zero-order valence-corrected chi connectivity index (χ0v) is 10.8. The van der Waals surface area contributed by atoms with Gasteiger partial charge in [-0.2, -0.15) is 0 Å². The van der Waals surface area contributed by atoms with Gasteiger partial charge in [0.1, 0.15) is 5.82 Å². The molecule has 0 bridgehead atoms. The molecule has 0 amide bonds. The number of rotatable bonds is 3. The van der Waals surface area contributed by atoms with Crippen molar-refractivity contribution in [2.24, 2.45) is 0 Å². The maximum Gasteiger partial charge on any atom is 0.227 e. The van der Waals surface area contributed by atoms with Crippen LogP contribution in [-0.4, -0.2) is 21.8 Å². The topological polar surface area (TPSA) is 41.9 Å². The van der Waals surface area contributed by atoms with E-state index in [2.05, 4.69) is 30.7 Å². The normalized spacial score (nSPS) is 10.4. The van der Waals surface area contributed by atoms with E-state index in [4.69, 9.17) is 0 Å². The maximum absolute atomic E-state index is 13.5. The molecule has 0 spiro atoms. The lowest BCUT2D eigenvalue weighted by Gasteiger charge is -2.14. The van der Waals surface area contributed by atoms with Crippen molar-refractivity contribution < 1.29 is 4.39 Å². The summed E-state index contributed by atoms with van der Waals surface area (Å²) in [6.07, 6.45) is 0. The molecule has 0 saturated carbocycles. The number of aromatic nitrogens is 3. The monoisotopic (exact) mass is 302 g/mol. The van der Waals surface area contributed by atoms with Crippen LogP contribution in [0.15, 0.2) is 22.7 Å². The molecule has 0 fully saturated rings. The van der Waals surface area contributed by atoms with E-state index >= 15 is 0 Å². The molecule has 0 aliphatic carbocycles. The minimum Gasteiger partial charge on any atom is -0.344 e. The number of hydrogen-bond acceptors (Lipinski definition) is 5. The molecule has 1 aromatic carbocycles. The van der Waals surface area contributed by atoms with Gasteiger partial charge < -0.3 is 4.90 Å². The van der Waals surface area contributed by atoms with Crippen molar-refractivity contribution in [2.75, 3.05) is 11.9 Å². The molecule has 0 aliphatic rings. The highest BCUT2D eigenvalue weighted by Gasteiger charge is 2.09. The van der Waals surface area contributed by atoms with Gasteiger partial charge in [-0.05, 0) is 23.4 Å². The molecule has 4 nitrogen and oxygen atoms in total. The maximum atomic E-state index is 13.5. The molecule has 16 heavy (non-hydrogen) atoms. The van der Waals surface area contributed by atoms with Crippen LogP contribution in [0.25, 0.3) is 0 Å². The molecule has 1 heterocycles. The average Bonchev–Trinajstić information content (AvgIpc) is 2.76. The van der Waals surface area contributed by atoms with E-state index in [-0.39, 0.29) is 5.82 Å². The number of benzene rings is 1. The minimum atomic E-state index is -0.229. The van der Waals surface area contributed by atoms with Crippen LogP contribution in [-0.2, 0) is 6.54 Å². The van der Waals surface area contributed by atoms with Gasteiger partial charge in [0.15, 0.2) is 0 Å². The SMILES string of the molecule is CN(Cc1cc(Br)ccc1F)c1nnns1. The van der Waals surface area contributed by atoms with Crippen LogP contribution in [0.3, 0.4) is 0 Å². The van der Waals surface area contributed by atoms with E-state index in [0.717, 1.165) is 4.47 Å². The van der Waals surface area contributed by atoms with Gasteiger partial charge in [0, 0.05) is 35.2 Å². The molecule has 0 atom stereocenters. The van der Waals surface area contributed by atoms with Crippen molar-refractivity contribution in [2.45, 2.75) is 6.54 Å². The van der Waals surface area contributed by atoms with E-state index in [0.29, 0.717) is 17.2 Å². The summed E-state index contributed by atoms with van der Waals surface area (Å²) in [4.78, 5) is 1.80. The summed E-state index contributed by atoms with van der Waals surface area (Å²) in [7, 11) is 1.82. The van der Waals surface area contributed by atoms with Crippen molar-refractivity contribution >= 4 is 32.6 Å². The fourth-order valence-electron chi connectivity index (χ4n) is 1.26. The summed E-state index contributed by atoms with van der Waals surface area (Å²) in [5.41, 5.74) is 0.604. The van der Waals surface area contributed by atoms with E-state index in [1.807, 2.05) is 7.05 Å². The fraction of sp³-hybridized carbons (Fsp3) is 0.222. The highest BCUT2D eigenvalue weighted by atomic mass is 79.9. The minimum absolute atomic E-state index is 0.229. The van der Waals surface area contributed by atoms with Crippen molar-refractivity contribution in [3.05, 3.63) is 34.1 Å². The highest BCUT2D eigenvalue weighted by Crippen LogP contribution is 2.19. The molecule has 7 heteroatoms. The van der Waals surface area contributed by atoms with E-state index in [9.17, 15) is 4.39 Å². The summed E-state index contributed by atoms with van der Waals surface area (Å²) >= 11 is 4.49. The Labute approximate surface area is 104 Å². The van der Waals surface area contributed by atoms with Crippen LogP contribution in [0.4, 0.5) is 9.52 Å². The Morgan fingerprint density at radius 1 is 1.50 bits per heavy atom. The van der Waals surface area contributed by atoms with Crippen molar-refractivity contribution in [1.29, 1.82) is 0 Å². The van der Waals surface area contributed by atoms with Gasteiger partial charge in [-0.1, -0.05) is 25.5 Å². The Morgan fingerprint density at radius 3 is 3.00 bits per heavy atom. The fourth-order valence-corrected chi connectivity index (χ4v) is 2.09. The Balaban J connectivity index is 2.17. The lowest BCUT2D eigenvalue weighted by atomic mass is 10.2. The second kappa shape index (κ2) is 4.84. The summed E-state index contributed by atoms with van der Waals surface area (Å²) in [6.45, 7) is 0.433. The van der Waals surface area contributed by atoms with Crippen LogP contribution in [0.1, 0.15) is 5.56 Å². The van der Waals surface area contributed by atoms with E-state index in [1.165, 1.54) is 17.6 Å². The predicted octanol–water partition coefficient (Wildman–Crippen LogP) is 2.47. The molecule has 0 radical (unpaired) electrons. The number of anilines is 1. The average molecular weight is 303 g/mol. The third-order valence-electron chi connectivity index (χ3n) is 2.03. The highest BCUT2D eigenvalue weighted by molar-refractivity contribution is 9.10. The Bertz CT molecular complexity index is 476. The van der Waals surface area contributed by atoms with Gasteiger partial charge in [-0.3, -0.25) is 0 Å². The van der Waals surface area contributed by atoms with Crippen LogP contribution >= 0.6 is 27.5 Å². The van der Waals surface area contributed by atoms with Crippen molar-refractivity contribution in [3.63, 3.8) is 0 Å². The molecule has 2 rings (SSSR count). The molecule has 0 aliphatic heterocycles. The summed E-state index contributed by atoms with van der Waals surface area (Å²) in [5, 5.41) is 7.98. The van der Waals surface area contributed by atoms with Crippen LogP contribution in [0.2, 0.25) is 0 Å². The third-order valence-corrected chi connectivity index (χ3v) is 3.24. The molecular weight excluding hydrogens is 295 g/mol. The van der Waals surface area contributed by atoms with Gasteiger partial charge in [-0.25, -0.2) is 4.39 Å².